The standard InChI is InChI=1S/C23H30O3/c1-6-7-8-9-18-13-21(24)23(22(14-18)26-15-25-5)20-12-17(4)10-11-19(20)16(2)3/h10-14,24H,2,6-9,15H2,1,3-5H3. The van der Waals surface area contributed by atoms with Gasteiger partial charge in [-0.05, 0) is 55.5 Å². The van der Waals surface area contributed by atoms with E-state index in [4.69, 9.17) is 9.47 Å². The summed E-state index contributed by atoms with van der Waals surface area (Å²) in [6, 6.07) is 10.0. The van der Waals surface area contributed by atoms with Crippen molar-refractivity contribution in [3.8, 4) is 22.6 Å². The highest BCUT2D eigenvalue weighted by molar-refractivity contribution is 5.86. The van der Waals surface area contributed by atoms with Crippen molar-refractivity contribution in [1.29, 1.82) is 0 Å². The van der Waals surface area contributed by atoms with Crippen molar-refractivity contribution in [2.24, 2.45) is 0 Å². The fraction of sp³-hybridized carbons (Fsp3) is 0.391. The molecule has 0 spiro atoms. The van der Waals surface area contributed by atoms with E-state index in [9.17, 15) is 5.11 Å². The minimum absolute atomic E-state index is 0.138. The molecule has 0 unspecified atom stereocenters. The molecule has 3 heteroatoms. The van der Waals surface area contributed by atoms with Gasteiger partial charge >= 0.3 is 0 Å². The van der Waals surface area contributed by atoms with Crippen molar-refractivity contribution >= 4 is 5.57 Å². The Labute approximate surface area is 157 Å². The molecule has 3 nitrogen and oxygen atoms in total. The second-order valence-corrected chi connectivity index (χ2v) is 6.83. The summed E-state index contributed by atoms with van der Waals surface area (Å²) in [5.41, 5.74) is 5.78. The first-order valence-corrected chi connectivity index (χ1v) is 9.22. The quantitative estimate of drug-likeness (QED) is 0.436. The number of hydrogen-bond acceptors (Lipinski definition) is 3. The Morgan fingerprint density at radius 3 is 2.58 bits per heavy atom. The van der Waals surface area contributed by atoms with Crippen LogP contribution in [0.15, 0.2) is 36.9 Å². The van der Waals surface area contributed by atoms with Crippen LogP contribution in [0.25, 0.3) is 16.7 Å². The molecule has 0 amide bonds. The third-order valence-corrected chi connectivity index (χ3v) is 4.45. The van der Waals surface area contributed by atoms with Crippen LogP contribution >= 0.6 is 0 Å². The maximum atomic E-state index is 10.8. The Morgan fingerprint density at radius 2 is 1.92 bits per heavy atom. The Bertz CT molecular complexity index is 762. The average molecular weight is 354 g/mol. The first-order chi connectivity index (χ1) is 12.5. The summed E-state index contributed by atoms with van der Waals surface area (Å²) in [6.45, 7) is 10.4. The molecule has 0 heterocycles. The molecule has 26 heavy (non-hydrogen) atoms. The van der Waals surface area contributed by atoms with Gasteiger partial charge in [-0.25, -0.2) is 0 Å². The van der Waals surface area contributed by atoms with Gasteiger partial charge in [-0.15, -0.1) is 0 Å². The van der Waals surface area contributed by atoms with Crippen LogP contribution in [0.4, 0.5) is 0 Å². The highest BCUT2D eigenvalue weighted by Crippen LogP contribution is 2.42. The van der Waals surface area contributed by atoms with Crippen LogP contribution in [-0.4, -0.2) is 19.0 Å². The van der Waals surface area contributed by atoms with Gasteiger partial charge < -0.3 is 14.6 Å². The SMILES string of the molecule is C=C(C)c1ccc(C)cc1-c1c(O)cc(CCCCC)cc1OCOC. The lowest BCUT2D eigenvalue weighted by Gasteiger charge is -2.18. The highest BCUT2D eigenvalue weighted by Gasteiger charge is 2.18. The molecule has 0 aliphatic rings. The van der Waals surface area contributed by atoms with Crippen molar-refractivity contribution in [1.82, 2.24) is 0 Å². The molecule has 140 valence electrons. The first kappa shape index (κ1) is 20.1. The second kappa shape index (κ2) is 9.44. The van der Waals surface area contributed by atoms with E-state index in [2.05, 4.69) is 25.6 Å². The number of unbranched alkanes of at least 4 members (excludes halogenated alkanes) is 2. The van der Waals surface area contributed by atoms with Crippen molar-refractivity contribution in [2.45, 2.75) is 46.5 Å². The van der Waals surface area contributed by atoms with Crippen LogP contribution < -0.4 is 4.74 Å². The summed E-state index contributed by atoms with van der Waals surface area (Å²) < 4.78 is 10.9. The summed E-state index contributed by atoms with van der Waals surface area (Å²) in [4.78, 5) is 0. The molecule has 0 aromatic heterocycles. The number of aryl methyl sites for hydroxylation is 2. The molecule has 0 saturated heterocycles. The number of benzene rings is 2. The molecule has 0 radical (unpaired) electrons. The van der Waals surface area contributed by atoms with Crippen LogP contribution in [0.2, 0.25) is 0 Å². The zero-order valence-electron chi connectivity index (χ0n) is 16.4. The smallest absolute Gasteiger partial charge is 0.188 e. The predicted octanol–water partition coefficient (Wildman–Crippen LogP) is 6.12. The largest absolute Gasteiger partial charge is 0.507 e. The van der Waals surface area contributed by atoms with E-state index in [1.165, 1.54) is 12.8 Å². The number of phenolic OH excluding ortho intramolecular Hbond substituents is 1. The molecule has 0 bridgehead atoms. The Kier molecular flexibility index (Phi) is 7.28. The minimum atomic E-state index is 0.138. The van der Waals surface area contributed by atoms with Crippen LogP contribution in [-0.2, 0) is 11.2 Å². The number of ether oxygens (including phenoxy) is 2. The van der Waals surface area contributed by atoms with Gasteiger partial charge in [-0.1, -0.05) is 55.7 Å². The molecule has 0 aliphatic carbocycles. The van der Waals surface area contributed by atoms with Crippen molar-refractivity contribution in [3.63, 3.8) is 0 Å². The molecule has 2 aromatic rings. The summed E-state index contributed by atoms with van der Waals surface area (Å²) in [7, 11) is 1.59. The zero-order valence-corrected chi connectivity index (χ0v) is 16.4. The predicted molar refractivity (Wildman–Crippen MR) is 109 cm³/mol. The second-order valence-electron chi connectivity index (χ2n) is 6.83. The van der Waals surface area contributed by atoms with E-state index >= 15 is 0 Å². The van der Waals surface area contributed by atoms with Gasteiger partial charge in [-0.3, -0.25) is 0 Å². The van der Waals surface area contributed by atoms with Gasteiger partial charge in [0, 0.05) is 7.11 Å². The van der Waals surface area contributed by atoms with Crippen LogP contribution in [0.5, 0.6) is 11.5 Å². The summed E-state index contributed by atoms with van der Waals surface area (Å²) in [5, 5.41) is 10.8. The van der Waals surface area contributed by atoms with Gasteiger partial charge in [0.05, 0.1) is 5.56 Å². The monoisotopic (exact) mass is 354 g/mol. The van der Waals surface area contributed by atoms with E-state index < -0.39 is 0 Å². The van der Waals surface area contributed by atoms with E-state index in [-0.39, 0.29) is 12.5 Å². The van der Waals surface area contributed by atoms with E-state index in [1.54, 1.807) is 7.11 Å². The fourth-order valence-corrected chi connectivity index (χ4v) is 3.12. The third kappa shape index (κ3) is 4.89. The third-order valence-electron chi connectivity index (χ3n) is 4.45. The fourth-order valence-electron chi connectivity index (χ4n) is 3.12. The van der Waals surface area contributed by atoms with Crippen molar-refractivity contribution in [3.05, 3.63) is 53.6 Å². The summed E-state index contributed by atoms with van der Waals surface area (Å²) in [6.07, 6.45) is 4.36. The molecule has 0 saturated carbocycles. The topological polar surface area (TPSA) is 38.7 Å². The first-order valence-electron chi connectivity index (χ1n) is 9.22. The Hall–Kier alpha value is -2.26. The molecule has 0 aliphatic heterocycles. The van der Waals surface area contributed by atoms with Gasteiger partial charge in [0.1, 0.15) is 11.5 Å². The maximum Gasteiger partial charge on any atom is 0.188 e. The number of methoxy groups -OCH3 is 1. The van der Waals surface area contributed by atoms with Gasteiger partial charge in [0.15, 0.2) is 6.79 Å². The highest BCUT2D eigenvalue weighted by atomic mass is 16.7. The number of rotatable bonds is 9. The molecule has 0 fully saturated rings. The number of aromatic hydroxyl groups is 1. The van der Waals surface area contributed by atoms with Crippen molar-refractivity contribution < 1.29 is 14.6 Å². The molecule has 2 rings (SSSR count). The number of allylic oxidation sites excluding steroid dienone is 1. The van der Waals surface area contributed by atoms with E-state index in [0.29, 0.717) is 11.3 Å². The Balaban J connectivity index is 2.56. The lowest BCUT2D eigenvalue weighted by molar-refractivity contribution is 0.0514. The summed E-state index contributed by atoms with van der Waals surface area (Å²) >= 11 is 0. The van der Waals surface area contributed by atoms with Gasteiger partial charge in [0.25, 0.3) is 0 Å². The van der Waals surface area contributed by atoms with Gasteiger partial charge in [-0.2, -0.15) is 0 Å². The molecular weight excluding hydrogens is 324 g/mol. The van der Waals surface area contributed by atoms with Crippen LogP contribution in [0.3, 0.4) is 0 Å². The lowest BCUT2D eigenvalue weighted by atomic mass is 9.91. The van der Waals surface area contributed by atoms with Crippen molar-refractivity contribution in [2.75, 3.05) is 13.9 Å². The number of hydrogen-bond donors (Lipinski definition) is 1. The summed E-state index contributed by atoms with van der Waals surface area (Å²) in [5.74, 6) is 0.879. The molecular formula is C23H30O3. The zero-order chi connectivity index (χ0) is 19.1. The maximum absolute atomic E-state index is 10.8. The van der Waals surface area contributed by atoms with Crippen LogP contribution in [0, 0.1) is 6.92 Å². The average Bonchev–Trinajstić information content (AvgIpc) is 2.59. The lowest BCUT2D eigenvalue weighted by Crippen LogP contribution is -2.02. The van der Waals surface area contributed by atoms with Gasteiger partial charge in [0.2, 0.25) is 0 Å². The van der Waals surface area contributed by atoms with E-state index in [1.807, 2.05) is 32.0 Å². The Morgan fingerprint density at radius 1 is 1.15 bits per heavy atom. The normalized spacial score (nSPS) is 10.8. The van der Waals surface area contributed by atoms with Crippen LogP contribution in [0.1, 0.15) is 49.8 Å². The number of phenols is 1. The molecule has 2 aromatic carbocycles. The molecule has 0 atom stereocenters. The van der Waals surface area contributed by atoms with E-state index in [0.717, 1.165) is 40.7 Å². The molecule has 1 N–H and O–H groups in total. The minimum Gasteiger partial charge on any atom is -0.507 e.